The zero-order valence-electron chi connectivity index (χ0n) is 8.45. The molecule has 0 aromatic heterocycles. The van der Waals surface area contributed by atoms with Gasteiger partial charge in [0.1, 0.15) is 0 Å². The van der Waals surface area contributed by atoms with Gasteiger partial charge in [-0.05, 0) is 43.1 Å². The molecule has 0 heterocycles. The lowest BCUT2D eigenvalue weighted by Crippen LogP contribution is -2.14. The molecule has 0 amide bonds. The van der Waals surface area contributed by atoms with Crippen LogP contribution in [0.1, 0.15) is 24.4 Å². The quantitative estimate of drug-likeness (QED) is 0.716. The van der Waals surface area contributed by atoms with Crippen molar-refractivity contribution in [2.75, 3.05) is 12.3 Å². The van der Waals surface area contributed by atoms with E-state index in [0.29, 0.717) is 17.3 Å². The summed E-state index contributed by atoms with van der Waals surface area (Å²) < 4.78 is 0. The molecular weight excluding hydrogens is 233 g/mol. The molecule has 0 bridgehead atoms. The molecule has 0 radical (unpaired) electrons. The van der Waals surface area contributed by atoms with E-state index in [4.69, 9.17) is 28.8 Å². The second kappa shape index (κ2) is 6.90. The molecule has 5 heteroatoms. The van der Waals surface area contributed by atoms with Gasteiger partial charge in [-0.15, -0.1) is 12.4 Å². The van der Waals surface area contributed by atoms with Crippen LogP contribution in [0.4, 0.5) is 5.69 Å². The van der Waals surface area contributed by atoms with E-state index in [9.17, 15) is 0 Å². The smallest absolute Gasteiger partial charge is 0.0410 e. The van der Waals surface area contributed by atoms with Gasteiger partial charge in [-0.2, -0.15) is 0 Å². The van der Waals surface area contributed by atoms with Crippen LogP contribution in [0.15, 0.2) is 18.2 Å². The van der Waals surface area contributed by atoms with E-state index in [-0.39, 0.29) is 18.4 Å². The number of anilines is 1. The van der Waals surface area contributed by atoms with Gasteiger partial charge in [0, 0.05) is 16.8 Å². The number of nitrogens with two attached hydrogens (primary N) is 3. The predicted molar refractivity (Wildman–Crippen MR) is 68.3 cm³/mol. The lowest BCUT2D eigenvalue weighted by Gasteiger charge is -2.14. The Hall–Kier alpha value is -0.480. The van der Waals surface area contributed by atoms with Gasteiger partial charge in [0.2, 0.25) is 0 Å². The topological polar surface area (TPSA) is 78.1 Å². The third-order valence-corrected chi connectivity index (χ3v) is 2.40. The third-order valence-electron chi connectivity index (χ3n) is 2.17. The summed E-state index contributed by atoms with van der Waals surface area (Å²) in [6.07, 6.45) is 1.73. The Labute approximate surface area is 101 Å². The minimum absolute atomic E-state index is 0. The highest BCUT2D eigenvalue weighted by atomic mass is 35.5. The number of benzene rings is 1. The van der Waals surface area contributed by atoms with Gasteiger partial charge >= 0.3 is 0 Å². The van der Waals surface area contributed by atoms with Crippen LogP contribution in [0.2, 0.25) is 5.02 Å². The van der Waals surface area contributed by atoms with Crippen LogP contribution in [0.3, 0.4) is 0 Å². The zero-order chi connectivity index (χ0) is 10.6. The Morgan fingerprint density at radius 3 is 2.60 bits per heavy atom. The van der Waals surface area contributed by atoms with E-state index < -0.39 is 0 Å². The standard InChI is InChI=1S/C10H16ClN3.ClH/c11-7-3-4-10(14)8(6-7)9(13)2-1-5-12;/h3-4,6,9H,1-2,5,12-14H2;1H/t9-;/m1./s1. The van der Waals surface area contributed by atoms with Crippen LogP contribution in [0.25, 0.3) is 0 Å². The molecule has 1 aromatic carbocycles. The predicted octanol–water partition coefficient (Wildman–Crippen LogP) is 2.08. The first-order valence-corrected chi connectivity index (χ1v) is 5.03. The molecule has 1 atom stereocenters. The first-order valence-electron chi connectivity index (χ1n) is 4.65. The highest BCUT2D eigenvalue weighted by Crippen LogP contribution is 2.25. The monoisotopic (exact) mass is 249 g/mol. The van der Waals surface area contributed by atoms with Crippen LogP contribution in [-0.2, 0) is 0 Å². The van der Waals surface area contributed by atoms with Crippen LogP contribution in [-0.4, -0.2) is 6.54 Å². The number of halogens is 2. The van der Waals surface area contributed by atoms with Crippen molar-refractivity contribution < 1.29 is 0 Å². The van der Waals surface area contributed by atoms with Crippen molar-refractivity contribution in [2.45, 2.75) is 18.9 Å². The van der Waals surface area contributed by atoms with E-state index >= 15 is 0 Å². The highest BCUT2D eigenvalue weighted by Gasteiger charge is 2.09. The summed E-state index contributed by atoms with van der Waals surface area (Å²) in [6.45, 7) is 0.647. The molecule has 0 spiro atoms. The summed E-state index contributed by atoms with van der Waals surface area (Å²) >= 11 is 5.86. The molecule has 3 nitrogen and oxygen atoms in total. The maximum Gasteiger partial charge on any atom is 0.0410 e. The lowest BCUT2D eigenvalue weighted by atomic mass is 10.0. The van der Waals surface area contributed by atoms with Gasteiger partial charge in [-0.25, -0.2) is 0 Å². The van der Waals surface area contributed by atoms with Crippen LogP contribution in [0, 0.1) is 0 Å². The van der Waals surface area contributed by atoms with E-state index in [0.717, 1.165) is 18.4 Å². The molecule has 0 aliphatic rings. The van der Waals surface area contributed by atoms with Gasteiger partial charge in [0.15, 0.2) is 0 Å². The Morgan fingerprint density at radius 2 is 2.00 bits per heavy atom. The molecule has 0 unspecified atom stereocenters. The summed E-state index contributed by atoms with van der Waals surface area (Å²) in [5.74, 6) is 0. The van der Waals surface area contributed by atoms with Crippen molar-refractivity contribution in [3.8, 4) is 0 Å². The second-order valence-electron chi connectivity index (χ2n) is 3.31. The molecule has 1 rings (SSSR count). The molecule has 1 aromatic rings. The van der Waals surface area contributed by atoms with Crippen molar-refractivity contribution >= 4 is 29.7 Å². The Morgan fingerprint density at radius 1 is 1.33 bits per heavy atom. The van der Waals surface area contributed by atoms with E-state index in [2.05, 4.69) is 0 Å². The molecule has 0 aliphatic carbocycles. The average molecular weight is 250 g/mol. The van der Waals surface area contributed by atoms with Gasteiger partial charge < -0.3 is 17.2 Å². The van der Waals surface area contributed by atoms with E-state index in [1.54, 1.807) is 12.1 Å². The fraction of sp³-hybridized carbons (Fsp3) is 0.400. The van der Waals surface area contributed by atoms with Crippen molar-refractivity contribution in [3.63, 3.8) is 0 Å². The molecule has 6 N–H and O–H groups in total. The summed E-state index contributed by atoms with van der Waals surface area (Å²) in [4.78, 5) is 0. The Kier molecular flexibility index (Phi) is 6.68. The lowest BCUT2D eigenvalue weighted by molar-refractivity contribution is 0.619. The van der Waals surface area contributed by atoms with Crippen LogP contribution in [0.5, 0.6) is 0 Å². The van der Waals surface area contributed by atoms with Crippen molar-refractivity contribution in [2.24, 2.45) is 11.5 Å². The largest absolute Gasteiger partial charge is 0.398 e. The van der Waals surface area contributed by atoms with E-state index in [1.165, 1.54) is 0 Å². The number of rotatable bonds is 4. The normalized spacial score (nSPS) is 11.9. The summed E-state index contributed by atoms with van der Waals surface area (Å²) in [5, 5.41) is 0.664. The minimum Gasteiger partial charge on any atom is -0.398 e. The first kappa shape index (κ1) is 14.5. The van der Waals surface area contributed by atoms with Crippen molar-refractivity contribution in [1.82, 2.24) is 0 Å². The van der Waals surface area contributed by atoms with Crippen LogP contribution >= 0.6 is 24.0 Å². The Bertz CT molecular complexity index is 305. The zero-order valence-corrected chi connectivity index (χ0v) is 10.0. The maximum absolute atomic E-state index is 5.96. The fourth-order valence-electron chi connectivity index (χ4n) is 1.36. The van der Waals surface area contributed by atoms with Crippen molar-refractivity contribution in [3.05, 3.63) is 28.8 Å². The third kappa shape index (κ3) is 4.26. The number of hydrogen-bond acceptors (Lipinski definition) is 3. The SMILES string of the molecule is Cl.NCCC[C@@H](N)c1cc(Cl)ccc1N. The summed E-state index contributed by atoms with van der Waals surface area (Å²) in [6, 6.07) is 5.28. The molecule has 15 heavy (non-hydrogen) atoms. The molecule has 0 aliphatic heterocycles. The fourth-order valence-corrected chi connectivity index (χ4v) is 1.54. The number of hydrogen-bond donors (Lipinski definition) is 3. The molecule has 86 valence electrons. The second-order valence-corrected chi connectivity index (χ2v) is 3.75. The maximum atomic E-state index is 5.96. The van der Waals surface area contributed by atoms with Crippen molar-refractivity contribution in [1.29, 1.82) is 0 Å². The first-order chi connectivity index (χ1) is 6.65. The van der Waals surface area contributed by atoms with Gasteiger partial charge in [0.05, 0.1) is 0 Å². The summed E-state index contributed by atoms with van der Waals surface area (Å²) in [5.41, 5.74) is 18.8. The summed E-state index contributed by atoms with van der Waals surface area (Å²) in [7, 11) is 0. The van der Waals surface area contributed by atoms with Gasteiger partial charge in [-0.3, -0.25) is 0 Å². The van der Waals surface area contributed by atoms with Crippen LogP contribution < -0.4 is 17.2 Å². The molecule has 0 saturated carbocycles. The molecular formula is C10H17Cl2N3. The molecule has 0 fully saturated rings. The number of nitrogen functional groups attached to an aromatic ring is 1. The molecule has 0 saturated heterocycles. The highest BCUT2D eigenvalue weighted by molar-refractivity contribution is 6.30. The van der Waals surface area contributed by atoms with E-state index in [1.807, 2.05) is 6.07 Å². The van der Waals surface area contributed by atoms with Gasteiger partial charge in [0.25, 0.3) is 0 Å². The Balaban J connectivity index is 0.00000196. The average Bonchev–Trinajstić information content (AvgIpc) is 2.18. The minimum atomic E-state index is -0.0720. The van der Waals surface area contributed by atoms with Gasteiger partial charge in [-0.1, -0.05) is 11.6 Å².